The van der Waals surface area contributed by atoms with Crippen LogP contribution >= 0.6 is 0 Å². The van der Waals surface area contributed by atoms with Crippen LogP contribution in [0.5, 0.6) is 0 Å². The first-order valence-electron chi connectivity index (χ1n) is 1.93. The molecular formula is C3H8NO4Re. The molecule has 0 saturated heterocycles. The van der Waals surface area contributed by atoms with Gasteiger partial charge < -0.3 is 5.73 Å². The number of rotatable bonds is 1. The van der Waals surface area contributed by atoms with Crippen LogP contribution in [-0.4, -0.2) is 6.54 Å². The molecule has 0 rings (SSSR count). The van der Waals surface area contributed by atoms with Gasteiger partial charge in [0.15, 0.2) is 0 Å². The van der Waals surface area contributed by atoms with E-state index < -0.39 is 15.8 Å². The van der Waals surface area contributed by atoms with Crippen LogP contribution in [-0.2, 0) is 26.2 Å². The first-order valence-corrected chi connectivity index (χ1v) is 6.37. The van der Waals surface area contributed by atoms with Crippen molar-refractivity contribution < 1.29 is 35.8 Å². The van der Waals surface area contributed by atoms with Crippen molar-refractivity contribution in [1.82, 2.24) is 0 Å². The zero-order valence-electron chi connectivity index (χ0n) is 4.71. The average molecular weight is 308 g/mol. The quantitative estimate of drug-likeness (QED) is 0.559. The van der Waals surface area contributed by atoms with Gasteiger partial charge in [0, 0.05) is 0 Å². The molecule has 6 heteroatoms. The molecule has 9 heavy (non-hydrogen) atoms. The van der Waals surface area contributed by atoms with Crippen molar-refractivity contribution in [2.45, 2.75) is 0 Å². The molecule has 0 aromatic rings. The Morgan fingerprint density at radius 1 is 1.56 bits per heavy atom. The fourth-order valence-electron chi connectivity index (χ4n) is 0. The monoisotopic (exact) mass is 309 g/mol. The summed E-state index contributed by atoms with van der Waals surface area (Å²) in [5.74, 6) is 0. The van der Waals surface area contributed by atoms with Crippen LogP contribution in [0.15, 0.2) is 12.7 Å². The molecule has 0 aliphatic heterocycles. The molecular weight excluding hydrogens is 300 g/mol. The van der Waals surface area contributed by atoms with Crippen molar-refractivity contribution in [1.29, 1.82) is 0 Å². The molecule has 0 aliphatic carbocycles. The van der Waals surface area contributed by atoms with Crippen molar-refractivity contribution in [3.63, 3.8) is 0 Å². The van der Waals surface area contributed by atoms with E-state index in [2.05, 4.69) is 12.3 Å². The molecule has 0 bridgehead atoms. The van der Waals surface area contributed by atoms with Gasteiger partial charge in [0.25, 0.3) is 0 Å². The summed E-state index contributed by atoms with van der Waals surface area (Å²) < 4.78 is 34.6. The molecule has 0 atom stereocenters. The minimum atomic E-state index is -6.11. The van der Waals surface area contributed by atoms with E-state index in [1.165, 1.54) is 0 Å². The van der Waals surface area contributed by atoms with Crippen LogP contribution in [0, 0.1) is 0 Å². The summed E-state index contributed by atoms with van der Waals surface area (Å²) in [7, 11) is 0. The second-order valence-electron chi connectivity index (χ2n) is 0.955. The summed E-state index contributed by atoms with van der Waals surface area (Å²) in [4.78, 5) is 0. The Bertz CT molecular complexity index is 183. The Balaban J connectivity index is 0. The first-order chi connectivity index (χ1) is 3.91. The van der Waals surface area contributed by atoms with E-state index in [0.717, 1.165) is 6.54 Å². The number of hydrogen-bond donors (Lipinski definition) is 1. The van der Waals surface area contributed by atoms with E-state index in [1.807, 2.05) is 0 Å². The van der Waals surface area contributed by atoms with E-state index in [-0.39, 0.29) is 0 Å². The maximum absolute atomic E-state index is 8.64. The molecule has 0 heterocycles. The van der Waals surface area contributed by atoms with Crippen molar-refractivity contribution in [3.8, 4) is 0 Å². The average Bonchev–Trinajstić information content (AvgIpc) is 1.61. The van der Waals surface area contributed by atoms with E-state index in [1.54, 1.807) is 6.08 Å². The Kier molecular flexibility index (Phi) is 7.48. The van der Waals surface area contributed by atoms with Gasteiger partial charge in [-0.05, 0) is 6.08 Å². The van der Waals surface area contributed by atoms with E-state index in [4.69, 9.17) is 14.2 Å². The molecule has 0 aromatic heterocycles. The molecule has 0 amide bonds. The molecule has 0 aliphatic rings. The third-order valence-electron chi connectivity index (χ3n) is 0.204. The van der Waals surface area contributed by atoms with Crippen LogP contribution in [0.3, 0.4) is 0 Å². The number of quaternary nitrogens is 1. The summed E-state index contributed by atoms with van der Waals surface area (Å²) in [6, 6.07) is 0. The van der Waals surface area contributed by atoms with E-state index in [0.29, 0.717) is 0 Å². The van der Waals surface area contributed by atoms with Gasteiger partial charge in [0.1, 0.15) is 0 Å². The fourth-order valence-corrected chi connectivity index (χ4v) is 0. The molecule has 5 nitrogen and oxygen atoms in total. The van der Waals surface area contributed by atoms with Gasteiger partial charge in [-0.15, -0.1) is 0 Å². The third kappa shape index (κ3) is 485. The van der Waals surface area contributed by atoms with Crippen LogP contribution in [0.25, 0.3) is 0 Å². The maximum atomic E-state index is 8.64. The molecule has 0 fully saturated rings. The summed E-state index contributed by atoms with van der Waals surface area (Å²) in [6.07, 6.45) is 1.76. The SMILES string of the molecule is C=CC[NH3+].[O]=[Re](=[O])(=[O])[O-]. The molecule has 0 saturated carbocycles. The normalized spacial score (nSPS) is 9.11. The Hall–Kier alpha value is -0.278. The van der Waals surface area contributed by atoms with Crippen molar-refractivity contribution in [2.24, 2.45) is 0 Å². The second kappa shape index (κ2) is 5.85. The summed E-state index contributed by atoms with van der Waals surface area (Å²) in [5, 5.41) is 0. The Morgan fingerprint density at radius 3 is 1.67 bits per heavy atom. The van der Waals surface area contributed by atoms with Gasteiger partial charge in [-0.1, -0.05) is 6.58 Å². The standard InChI is InChI=1S/C3H7N.4O.Re/c1-2-3-4;;;;;/h2H,1,3-4H2;;;;;/q;;;;-1;/p+1. The molecule has 0 unspecified atom stereocenters. The predicted octanol–water partition coefficient (Wildman–Crippen LogP) is -2.13. The van der Waals surface area contributed by atoms with E-state index in [9.17, 15) is 0 Å². The Labute approximate surface area is 55.5 Å². The van der Waals surface area contributed by atoms with Gasteiger partial charge in [0.2, 0.25) is 0 Å². The second-order valence-corrected chi connectivity index (χ2v) is 3.67. The van der Waals surface area contributed by atoms with Gasteiger partial charge in [-0.25, -0.2) is 0 Å². The number of hydrogen-bond acceptors (Lipinski definition) is 4. The van der Waals surface area contributed by atoms with Crippen molar-refractivity contribution in [3.05, 3.63) is 12.7 Å². The summed E-state index contributed by atoms with van der Waals surface area (Å²) in [5.41, 5.74) is 3.49. The molecule has 56 valence electrons. The van der Waals surface area contributed by atoms with Gasteiger partial charge in [-0.3, -0.25) is 0 Å². The van der Waals surface area contributed by atoms with E-state index >= 15 is 0 Å². The summed E-state index contributed by atoms with van der Waals surface area (Å²) >= 11 is -6.11. The molecule has 3 N–H and O–H groups in total. The summed E-state index contributed by atoms with van der Waals surface area (Å²) in [6.45, 7) is 4.25. The van der Waals surface area contributed by atoms with Crippen LogP contribution in [0.4, 0.5) is 0 Å². The molecule has 0 radical (unpaired) electrons. The fraction of sp³-hybridized carbons (Fsp3) is 0.333. The third-order valence-corrected chi connectivity index (χ3v) is 0.204. The molecule has 0 spiro atoms. The van der Waals surface area contributed by atoms with Gasteiger partial charge in [-0.2, -0.15) is 0 Å². The van der Waals surface area contributed by atoms with Crippen LogP contribution < -0.4 is 9.56 Å². The van der Waals surface area contributed by atoms with Crippen LogP contribution in [0.2, 0.25) is 0 Å². The predicted molar refractivity (Wildman–Crippen MR) is 20.0 cm³/mol. The topological polar surface area (TPSA) is 102 Å². The van der Waals surface area contributed by atoms with Gasteiger partial charge >= 0.3 is 30.0 Å². The van der Waals surface area contributed by atoms with Crippen LogP contribution in [0.1, 0.15) is 0 Å². The zero-order valence-corrected chi connectivity index (χ0v) is 7.43. The first kappa shape index (κ1) is 11.5. The minimum absolute atomic E-state index is 0.833. The zero-order chi connectivity index (χ0) is 7.91. The van der Waals surface area contributed by atoms with Gasteiger partial charge in [0.05, 0.1) is 6.54 Å². The molecule has 0 aromatic carbocycles. The van der Waals surface area contributed by atoms with Crippen molar-refractivity contribution in [2.75, 3.05) is 6.54 Å². The Morgan fingerprint density at radius 2 is 1.67 bits per heavy atom. The van der Waals surface area contributed by atoms with Crippen molar-refractivity contribution >= 4 is 0 Å².